The molecule has 0 unspecified atom stereocenters. The van der Waals surface area contributed by atoms with E-state index < -0.39 is 0 Å². The molecule has 0 fully saturated rings. The zero-order valence-corrected chi connectivity index (χ0v) is 9.28. The Hall–Kier alpha value is -0.740. The van der Waals surface area contributed by atoms with Gasteiger partial charge in [0.05, 0.1) is 17.2 Å². The lowest BCUT2D eigenvalue weighted by Gasteiger charge is -2.02. The van der Waals surface area contributed by atoms with Crippen LogP contribution in [0.1, 0.15) is 0 Å². The summed E-state index contributed by atoms with van der Waals surface area (Å²) >= 11 is 4.86. The molecule has 0 aliphatic carbocycles. The minimum Gasteiger partial charge on any atom is -0.506 e. The van der Waals surface area contributed by atoms with Crippen LogP contribution in [-0.4, -0.2) is 12.2 Å². The first-order valence-corrected chi connectivity index (χ1v) is 5.34. The Morgan fingerprint density at radius 3 is 2.92 bits per heavy atom. The van der Waals surface area contributed by atoms with Crippen molar-refractivity contribution in [2.75, 3.05) is 7.11 Å². The van der Waals surface area contributed by atoms with E-state index in [0.717, 1.165) is 20.3 Å². The minimum absolute atomic E-state index is 0.297. The zero-order valence-electron chi connectivity index (χ0n) is 6.87. The van der Waals surface area contributed by atoms with Gasteiger partial charge in [-0.05, 0) is 28.1 Å². The molecule has 1 aromatic heterocycles. The number of ether oxygens (including phenoxy) is 1. The fourth-order valence-corrected chi connectivity index (χ4v) is 2.84. The summed E-state index contributed by atoms with van der Waals surface area (Å²) in [6, 6.07) is 3.75. The van der Waals surface area contributed by atoms with Gasteiger partial charge in [-0.1, -0.05) is 0 Å². The maximum atomic E-state index is 9.54. The summed E-state index contributed by atoms with van der Waals surface area (Å²) < 4.78 is 7.03. The molecule has 2 aromatic rings. The maximum Gasteiger partial charge on any atom is 0.136 e. The van der Waals surface area contributed by atoms with Crippen LogP contribution < -0.4 is 4.74 Å². The van der Waals surface area contributed by atoms with Gasteiger partial charge >= 0.3 is 0 Å². The lowest BCUT2D eigenvalue weighted by Crippen LogP contribution is -1.81. The van der Waals surface area contributed by atoms with Gasteiger partial charge in [-0.3, -0.25) is 0 Å². The predicted molar refractivity (Wildman–Crippen MR) is 57.7 cm³/mol. The van der Waals surface area contributed by atoms with Crippen molar-refractivity contribution in [2.24, 2.45) is 0 Å². The number of hydrogen-bond acceptors (Lipinski definition) is 3. The Balaban J connectivity index is 2.87. The molecule has 2 rings (SSSR count). The smallest absolute Gasteiger partial charge is 0.136 e. The van der Waals surface area contributed by atoms with E-state index in [1.165, 1.54) is 11.3 Å². The summed E-state index contributed by atoms with van der Waals surface area (Å²) in [5, 5.41) is 12.1. The monoisotopic (exact) mass is 258 g/mol. The van der Waals surface area contributed by atoms with Crippen molar-refractivity contribution in [3.63, 3.8) is 0 Å². The van der Waals surface area contributed by atoms with Crippen LogP contribution in [0.15, 0.2) is 22.0 Å². The highest BCUT2D eigenvalue weighted by Gasteiger charge is 2.10. The molecule has 2 nitrogen and oxygen atoms in total. The Bertz CT molecular complexity index is 450. The van der Waals surface area contributed by atoms with Crippen molar-refractivity contribution in [3.05, 3.63) is 22.0 Å². The van der Waals surface area contributed by atoms with Gasteiger partial charge in [-0.15, -0.1) is 11.3 Å². The molecule has 1 aromatic carbocycles. The summed E-state index contributed by atoms with van der Waals surface area (Å²) in [7, 11) is 1.62. The van der Waals surface area contributed by atoms with E-state index in [1.807, 2.05) is 12.1 Å². The average Bonchev–Trinajstić information content (AvgIpc) is 2.50. The molecule has 1 heterocycles. The van der Waals surface area contributed by atoms with E-state index in [-0.39, 0.29) is 0 Å². The van der Waals surface area contributed by atoms with Gasteiger partial charge in [0.1, 0.15) is 11.5 Å². The fourth-order valence-electron chi connectivity index (χ4n) is 1.23. The van der Waals surface area contributed by atoms with E-state index in [9.17, 15) is 5.11 Å². The van der Waals surface area contributed by atoms with Crippen LogP contribution in [0.2, 0.25) is 0 Å². The molecular weight excluding hydrogens is 252 g/mol. The first-order chi connectivity index (χ1) is 6.24. The fraction of sp³-hybridized carbons (Fsp3) is 0.111. The van der Waals surface area contributed by atoms with Gasteiger partial charge < -0.3 is 9.84 Å². The molecule has 0 radical (unpaired) electrons. The summed E-state index contributed by atoms with van der Waals surface area (Å²) in [6.07, 6.45) is 0. The van der Waals surface area contributed by atoms with Crippen molar-refractivity contribution in [1.29, 1.82) is 0 Å². The molecule has 13 heavy (non-hydrogen) atoms. The first-order valence-electron chi connectivity index (χ1n) is 3.66. The number of fused-ring (bicyclic) bond motifs is 1. The Kier molecular flexibility index (Phi) is 2.17. The maximum absolute atomic E-state index is 9.54. The summed E-state index contributed by atoms with van der Waals surface area (Å²) in [4.78, 5) is 0. The molecule has 0 saturated carbocycles. The molecule has 68 valence electrons. The molecule has 0 spiro atoms. The third kappa shape index (κ3) is 1.30. The molecule has 0 atom stereocenters. The first kappa shape index (κ1) is 8.84. The van der Waals surface area contributed by atoms with Crippen LogP contribution in [0.3, 0.4) is 0 Å². The second-order valence-corrected chi connectivity index (χ2v) is 4.31. The largest absolute Gasteiger partial charge is 0.506 e. The summed E-state index contributed by atoms with van der Waals surface area (Å²) in [5.41, 5.74) is 0. The van der Waals surface area contributed by atoms with E-state index in [0.29, 0.717) is 5.75 Å². The Morgan fingerprint density at radius 1 is 1.46 bits per heavy atom. The standard InChI is InChI=1S/C9H7BrO2S/c1-12-7-3-2-5(10)8-6(11)4-13-9(7)8/h2-4,11H,1H3. The van der Waals surface area contributed by atoms with E-state index in [4.69, 9.17) is 4.74 Å². The number of methoxy groups -OCH3 is 1. The predicted octanol–water partition coefficient (Wildman–Crippen LogP) is 3.38. The van der Waals surface area contributed by atoms with E-state index in [2.05, 4.69) is 15.9 Å². The molecule has 0 amide bonds. The van der Waals surface area contributed by atoms with Crippen molar-refractivity contribution >= 4 is 37.4 Å². The van der Waals surface area contributed by atoms with Gasteiger partial charge in [0.15, 0.2) is 0 Å². The highest BCUT2D eigenvalue weighted by molar-refractivity contribution is 9.10. The number of rotatable bonds is 1. The Labute approximate surface area is 87.9 Å². The van der Waals surface area contributed by atoms with Crippen molar-refractivity contribution in [3.8, 4) is 11.5 Å². The topological polar surface area (TPSA) is 29.5 Å². The number of halogens is 1. The summed E-state index contributed by atoms with van der Waals surface area (Å²) in [6.45, 7) is 0. The third-order valence-electron chi connectivity index (χ3n) is 1.84. The van der Waals surface area contributed by atoms with Crippen LogP contribution in [0, 0.1) is 0 Å². The van der Waals surface area contributed by atoms with Crippen molar-refractivity contribution in [1.82, 2.24) is 0 Å². The van der Waals surface area contributed by atoms with Crippen LogP contribution in [0.5, 0.6) is 11.5 Å². The van der Waals surface area contributed by atoms with Crippen molar-refractivity contribution < 1.29 is 9.84 Å². The number of hydrogen-bond donors (Lipinski definition) is 1. The van der Waals surface area contributed by atoms with Gasteiger partial charge in [-0.25, -0.2) is 0 Å². The van der Waals surface area contributed by atoms with Crippen molar-refractivity contribution in [2.45, 2.75) is 0 Å². The molecule has 0 saturated heterocycles. The quantitative estimate of drug-likeness (QED) is 0.850. The normalized spacial score (nSPS) is 10.6. The molecule has 0 aliphatic rings. The van der Waals surface area contributed by atoms with Crippen LogP contribution >= 0.6 is 27.3 Å². The zero-order chi connectivity index (χ0) is 9.42. The molecule has 0 aliphatic heterocycles. The van der Waals surface area contributed by atoms with Gasteiger partial charge in [-0.2, -0.15) is 0 Å². The number of benzene rings is 1. The van der Waals surface area contributed by atoms with Gasteiger partial charge in [0.25, 0.3) is 0 Å². The van der Waals surface area contributed by atoms with Gasteiger partial charge in [0, 0.05) is 9.85 Å². The second kappa shape index (κ2) is 3.20. The lowest BCUT2D eigenvalue weighted by molar-refractivity contribution is 0.420. The highest BCUT2D eigenvalue weighted by Crippen LogP contribution is 2.41. The van der Waals surface area contributed by atoms with Crippen LogP contribution in [0.25, 0.3) is 10.1 Å². The molecule has 0 bridgehead atoms. The second-order valence-electron chi connectivity index (χ2n) is 2.57. The Morgan fingerprint density at radius 2 is 2.23 bits per heavy atom. The number of thiophene rings is 1. The third-order valence-corrected chi connectivity index (χ3v) is 3.48. The average molecular weight is 259 g/mol. The number of aromatic hydroxyl groups is 1. The van der Waals surface area contributed by atoms with Crippen LogP contribution in [0.4, 0.5) is 0 Å². The SMILES string of the molecule is COc1ccc(Br)c2c(O)csc12. The molecule has 1 N–H and O–H groups in total. The minimum atomic E-state index is 0.297. The highest BCUT2D eigenvalue weighted by atomic mass is 79.9. The van der Waals surface area contributed by atoms with E-state index in [1.54, 1.807) is 12.5 Å². The van der Waals surface area contributed by atoms with E-state index >= 15 is 0 Å². The lowest BCUT2D eigenvalue weighted by atomic mass is 10.2. The van der Waals surface area contributed by atoms with Crippen LogP contribution in [-0.2, 0) is 0 Å². The summed E-state index contributed by atoms with van der Waals surface area (Å²) in [5.74, 6) is 1.09. The molecule has 4 heteroatoms. The molecular formula is C9H7BrO2S. The van der Waals surface area contributed by atoms with Gasteiger partial charge in [0.2, 0.25) is 0 Å².